The Morgan fingerprint density at radius 1 is 1.09 bits per heavy atom. The molecule has 2 heterocycles. The molecule has 1 saturated heterocycles. The lowest BCUT2D eigenvalue weighted by molar-refractivity contribution is -0.139. The molecule has 2 aliphatic rings. The van der Waals surface area contributed by atoms with Gasteiger partial charge in [-0.1, -0.05) is 6.07 Å². The van der Waals surface area contributed by atoms with Crippen LogP contribution in [0.1, 0.15) is 24.5 Å². The first-order valence-corrected chi connectivity index (χ1v) is 11.2. The first-order chi connectivity index (χ1) is 16.2. The predicted molar refractivity (Wildman–Crippen MR) is 124 cm³/mol. The maximum atomic E-state index is 12.6. The van der Waals surface area contributed by atoms with Crippen LogP contribution < -0.4 is 16.7 Å². The number of anilines is 1. The van der Waals surface area contributed by atoms with Gasteiger partial charge in [-0.25, -0.2) is 9.59 Å². The summed E-state index contributed by atoms with van der Waals surface area (Å²) in [5.41, 5.74) is 6.60. The number of nitrogens with one attached hydrogen (secondary N) is 1. The van der Waals surface area contributed by atoms with E-state index >= 15 is 0 Å². The van der Waals surface area contributed by atoms with Gasteiger partial charge in [0.25, 0.3) is 0 Å². The smallest absolute Gasteiger partial charge is 0.354 e. The fourth-order valence-electron chi connectivity index (χ4n) is 4.14. The number of aliphatic hydroxyl groups excluding tert-OH is 1. The number of nitrogens with zero attached hydrogens (tertiary/aromatic N) is 4. The summed E-state index contributed by atoms with van der Waals surface area (Å²) in [5, 5.41) is 11.9. The lowest BCUT2D eigenvalue weighted by Crippen LogP contribution is -2.60. The minimum atomic E-state index is -1.35. The average Bonchev–Trinajstić information content (AvgIpc) is 2.83. The molecule has 34 heavy (non-hydrogen) atoms. The molecule has 4 N–H and O–H groups in total. The van der Waals surface area contributed by atoms with E-state index in [-0.39, 0.29) is 43.7 Å². The Hall–Kier alpha value is -3.57. The summed E-state index contributed by atoms with van der Waals surface area (Å²) in [6.45, 7) is 2.15. The van der Waals surface area contributed by atoms with Gasteiger partial charge in [-0.15, -0.1) is 0 Å². The number of hydrogen-bond acceptors (Lipinski definition) is 7. The SMILES string of the molecule is C[C@](N)(CO)C(=O)N1CCN(C(=O)Nc2ccn(-c3ccc4c(c3)CCC(=O)C4)c(=O)n2)CC1. The van der Waals surface area contributed by atoms with Crippen LogP contribution in [0.2, 0.25) is 0 Å². The monoisotopic (exact) mass is 468 g/mol. The number of piperazine rings is 1. The van der Waals surface area contributed by atoms with E-state index < -0.39 is 23.9 Å². The Morgan fingerprint density at radius 2 is 1.79 bits per heavy atom. The van der Waals surface area contributed by atoms with E-state index in [1.165, 1.54) is 21.3 Å². The van der Waals surface area contributed by atoms with Crippen molar-refractivity contribution in [1.82, 2.24) is 19.4 Å². The number of rotatable bonds is 4. The molecule has 3 amide bonds. The van der Waals surface area contributed by atoms with E-state index in [0.717, 1.165) is 11.1 Å². The standard InChI is InChI=1S/C23H28N6O5/c1-23(24,14-30)20(32)27-8-10-28(11-9-27)21(33)25-19-6-7-29(22(34)26-19)17-4-2-16-13-18(31)5-3-15(16)12-17/h2,4,6-7,12,30H,3,5,8-11,13-14,24H2,1H3,(H,25,26,33,34)/t23-/m0/s1. The van der Waals surface area contributed by atoms with Crippen LogP contribution in [-0.4, -0.2) is 80.5 Å². The molecule has 180 valence electrons. The number of aryl methyl sites for hydroxylation is 1. The Morgan fingerprint density at radius 3 is 2.47 bits per heavy atom. The van der Waals surface area contributed by atoms with Gasteiger partial charge in [-0.3, -0.25) is 19.5 Å². The molecule has 11 nitrogen and oxygen atoms in total. The van der Waals surface area contributed by atoms with Crippen LogP contribution in [0.4, 0.5) is 10.6 Å². The van der Waals surface area contributed by atoms with Gasteiger partial charge >= 0.3 is 11.7 Å². The normalized spacial score (nSPS) is 17.7. The first kappa shape index (κ1) is 23.6. The third kappa shape index (κ3) is 4.85. The van der Waals surface area contributed by atoms with Crippen LogP contribution >= 0.6 is 0 Å². The van der Waals surface area contributed by atoms with Crippen molar-refractivity contribution < 1.29 is 19.5 Å². The second kappa shape index (κ2) is 9.35. The summed E-state index contributed by atoms with van der Waals surface area (Å²) in [7, 11) is 0. The molecule has 1 aliphatic carbocycles. The molecule has 0 radical (unpaired) electrons. The first-order valence-electron chi connectivity index (χ1n) is 11.2. The summed E-state index contributed by atoms with van der Waals surface area (Å²) in [6.07, 6.45) is 3.13. The van der Waals surface area contributed by atoms with Gasteiger partial charge in [-0.05, 0) is 42.7 Å². The van der Waals surface area contributed by atoms with E-state index in [0.29, 0.717) is 24.9 Å². The molecule has 1 fully saturated rings. The number of benzene rings is 1. The fraction of sp³-hybridized carbons (Fsp3) is 0.435. The fourth-order valence-corrected chi connectivity index (χ4v) is 4.14. The average molecular weight is 469 g/mol. The van der Waals surface area contributed by atoms with Gasteiger partial charge in [0.15, 0.2) is 0 Å². The number of fused-ring (bicyclic) bond motifs is 1. The van der Waals surface area contributed by atoms with E-state index in [1.54, 1.807) is 18.3 Å². The van der Waals surface area contributed by atoms with Gasteiger partial charge in [0.2, 0.25) is 5.91 Å². The Balaban J connectivity index is 1.39. The molecular weight excluding hydrogens is 440 g/mol. The number of aromatic nitrogens is 2. The Bertz CT molecular complexity index is 1180. The highest BCUT2D eigenvalue weighted by Gasteiger charge is 2.34. The van der Waals surface area contributed by atoms with Gasteiger partial charge in [0.1, 0.15) is 17.1 Å². The second-order valence-corrected chi connectivity index (χ2v) is 8.92. The quantitative estimate of drug-likeness (QED) is 0.556. The van der Waals surface area contributed by atoms with Crippen molar-refractivity contribution in [3.8, 4) is 5.69 Å². The zero-order valence-electron chi connectivity index (χ0n) is 19.0. The largest absolute Gasteiger partial charge is 0.394 e. The Labute approximate surface area is 196 Å². The van der Waals surface area contributed by atoms with Crippen molar-refractivity contribution in [2.24, 2.45) is 5.73 Å². The number of amides is 3. The highest BCUT2D eigenvalue weighted by molar-refractivity contribution is 5.89. The van der Waals surface area contributed by atoms with Crippen LogP contribution in [0.3, 0.4) is 0 Å². The van der Waals surface area contributed by atoms with Crippen LogP contribution in [0.5, 0.6) is 0 Å². The van der Waals surface area contributed by atoms with E-state index in [1.807, 2.05) is 12.1 Å². The number of aliphatic hydroxyl groups is 1. The van der Waals surface area contributed by atoms with E-state index in [4.69, 9.17) is 5.73 Å². The van der Waals surface area contributed by atoms with Crippen molar-refractivity contribution in [3.63, 3.8) is 0 Å². The highest BCUT2D eigenvalue weighted by Crippen LogP contribution is 2.22. The summed E-state index contributed by atoms with van der Waals surface area (Å²) >= 11 is 0. The van der Waals surface area contributed by atoms with Crippen LogP contribution in [-0.2, 0) is 22.4 Å². The number of urea groups is 1. The second-order valence-electron chi connectivity index (χ2n) is 8.92. The van der Waals surface area contributed by atoms with Crippen LogP contribution in [0.15, 0.2) is 35.3 Å². The Kier molecular flexibility index (Phi) is 6.49. The maximum Gasteiger partial charge on any atom is 0.354 e. The molecular formula is C23H28N6O5. The van der Waals surface area contributed by atoms with Crippen molar-refractivity contribution in [2.75, 3.05) is 38.1 Å². The van der Waals surface area contributed by atoms with Crippen LogP contribution in [0, 0.1) is 0 Å². The molecule has 1 atom stereocenters. The number of carbonyl (C=O) groups excluding carboxylic acids is 3. The molecule has 0 spiro atoms. The lowest BCUT2D eigenvalue weighted by Gasteiger charge is -2.37. The molecule has 1 aliphatic heterocycles. The molecule has 11 heteroatoms. The predicted octanol–water partition coefficient (Wildman–Crippen LogP) is -0.324. The minimum absolute atomic E-state index is 0.128. The van der Waals surface area contributed by atoms with Gasteiger partial charge < -0.3 is 20.6 Å². The summed E-state index contributed by atoms with van der Waals surface area (Å²) in [4.78, 5) is 56.3. The van der Waals surface area contributed by atoms with Crippen molar-refractivity contribution in [2.45, 2.75) is 31.7 Å². The third-order valence-electron chi connectivity index (χ3n) is 6.24. The summed E-state index contributed by atoms with van der Waals surface area (Å²) < 4.78 is 1.39. The van der Waals surface area contributed by atoms with Crippen molar-refractivity contribution >= 4 is 23.5 Å². The van der Waals surface area contributed by atoms with Gasteiger partial charge in [0.05, 0.1) is 12.3 Å². The van der Waals surface area contributed by atoms with Gasteiger partial charge in [-0.2, -0.15) is 4.98 Å². The number of nitrogens with two attached hydrogens (primary N) is 1. The zero-order chi connectivity index (χ0) is 24.5. The third-order valence-corrected chi connectivity index (χ3v) is 6.24. The minimum Gasteiger partial charge on any atom is -0.394 e. The van der Waals surface area contributed by atoms with Crippen molar-refractivity contribution in [1.29, 1.82) is 0 Å². The maximum absolute atomic E-state index is 12.6. The summed E-state index contributed by atoms with van der Waals surface area (Å²) in [6, 6.07) is 6.66. The van der Waals surface area contributed by atoms with Crippen molar-refractivity contribution in [3.05, 3.63) is 52.1 Å². The van der Waals surface area contributed by atoms with E-state index in [2.05, 4.69) is 10.3 Å². The molecule has 1 aromatic carbocycles. The topological polar surface area (TPSA) is 151 Å². The molecule has 4 rings (SSSR count). The zero-order valence-corrected chi connectivity index (χ0v) is 19.0. The number of Topliss-reactive ketones (excluding diaryl/α,β-unsaturated/α-hetero) is 1. The number of hydrogen-bond donors (Lipinski definition) is 3. The molecule has 1 aromatic heterocycles. The molecule has 0 unspecified atom stereocenters. The molecule has 2 aromatic rings. The summed E-state index contributed by atoms with van der Waals surface area (Å²) in [5.74, 6) is -0.0209. The lowest BCUT2D eigenvalue weighted by atomic mass is 9.90. The highest BCUT2D eigenvalue weighted by atomic mass is 16.3. The number of ketones is 1. The van der Waals surface area contributed by atoms with E-state index in [9.17, 15) is 24.3 Å². The van der Waals surface area contributed by atoms with Gasteiger partial charge in [0, 0.05) is 45.2 Å². The number of carbonyl (C=O) groups is 3. The molecule has 0 bridgehead atoms. The van der Waals surface area contributed by atoms with Crippen LogP contribution in [0.25, 0.3) is 5.69 Å². The molecule has 0 saturated carbocycles.